The Morgan fingerprint density at radius 1 is 1.05 bits per heavy atom. The highest BCUT2D eigenvalue weighted by atomic mass is 32.1. The van der Waals surface area contributed by atoms with Crippen molar-refractivity contribution < 1.29 is 37.1 Å². The van der Waals surface area contributed by atoms with E-state index in [4.69, 9.17) is 17.0 Å². The minimum Gasteiger partial charge on any atom is -0.492 e. The number of aromatic nitrogens is 1. The Kier molecular flexibility index (Phi) is 11.7. The van der Waals surface area contributed by atoms with Gasteiger partial charge in [-0.3, -0.25) is 39.2 Å². The molecule has 1 unspecified atom stereocenters. The number of imide groups is 1. The van der Waals surface area contributed by atoms with Gasteiger partial charge in [0, 0.05) is 56.2 Å². The fourth-order valence-corrected chi connectivity index (χ4v) is 8.26. The van der Waals surface area contributed by atoms with E-state index in [0.29, 0.717) is 74.7 Å². The maximum Gasteiger partial charge on any atom is 0.419 e. The number of thiocarbonyl (C=S) groups is 1. The molecule has 1 aliphatic carbocycles. The maximum atomic E-state index is 13.9. The lowest BCUT2D eigenvalue weighted by Crippen LogP contribution is -2.55. The first-order valence-corrected chi connectivity index (χ1v) is 19.6. The molecule has 0 radical (unpaired) electrons. The number of carbonyl (C=O) groups is 4. The molecule has 4 amide bonds. The lowest BCUT2D eigenvalue weighted by molar-refractivity contribution is -0.138. The van der Waals surface area contributed by atoms with E-state index in [1.54, 1.807) is 29.2 Å². The number of hydrogen-bond donors (Lipinski definition) is 3. The van der Waals surface area contributed by atoms with E-state index in [1.807, 2.05) is 25.1 Å². The highest BCUT2D eigenvalue weighted by Crippen LogP contribution is 2.48. The SMILES string of the molecule is CCc1cc(N2C(=S)N(c3cnc(C#N)c(C(F)(F)F)c3)C(=O)C23CCC3)ccc1OCCN1CCN(CC(=O)Nc2cccc(NC3CCC(=O)NC3=O)c2)CC1. The van der Waals surface area contributed by atoms with Gasteiger partial charge in [-0.15, -0.1) is 0 Å². The van der Waals surface area contributed by atoms with Crippen LogP contribution in [-0.2, 0) is 31.8 Å². The van der Waals surface area contributed by atoms with E-state index in [2.05, 4.69) is 30.7 Å². The molecule has 3 aromatic rings. The molecule has 3 saturated heterocycles. The molecular weight excluding hydrogens is 776 g/mol. The highest BCUT2D eigenvalue weighted by Gasteiger charge is 2.60. The van der Waals surface area contributed by atoms with E-state index in [1.165, 1.54) is 6.07 Å². The number of aryl methyl sites for hydroxylation is 1. The van der Waals surface area contributed by atoms with Crippen molar-refractivity contribution in [3.63, 3.8) is 0 Å². The molecule has 0 bridgehead atoms. The first-order valence-electron chi connectivity index (χ1n) is 19.2. The Balaban J connectivity index is 0.910. The molecule has 1 atom stereocenters. The fraction of sp³-hybridized carbons (Fsp3) is 0.425. The molecule has 4 aliphatic rings. The van der Waals surface area contributed by atoms with Gasteiger partial charge in [-0.2, -0.15) is 18.4 Å². The first-order chi connectivity index (χ1) is 27.8. The second kappa shape index (κ2) is 16.7. The van der Waals surface area contributed by atoms with Crippen LogP contribution in [0.25, 0.3) is 0 Å². The number of nitrogens with zero attached hydrogens (tertiary/aromatic N) is 6. The molecule has 3 N–H and O–H groups in total. The summed E-state index contributed by atoms with van der Waals surface area (Å²) < 4.78 is 47.6. The van der Waals surface area contributed by atoms with Crippen LogP contribution >= 0.6 is 12.2 Å². The monoisotopic (exact) mass is 817 g/mol. The summed E-state index contributed by atoms with van der Waals surface area (Å²) in [6, 6.07) is 14.4. The van der Waals surface area contributed by atoms with E-state index < -0.39 is 34.9 Å². The van der Waals surface area contributed by atoms with Gasteiger partial charge >= 0.3 is 6.18 Å². The molecule has 4 heterocycles. The average molecular weight is 818 g/mol. The molecule has 7 rings (SSSR count). The lowest BCUT2D eigenvalue weighted by Gasteiger charge is -2.43. The Morgan fingerprint density at radius 2 is 1.79 bits per heavy atom. The van der Waals surface area contributed by atoms with Crippen LogP contribution in [0.4, 0.5) is 35.9 Å². The number of nitriles is 1. The Bertz CT molecular complexity index is 2170. The molecule has 1 spiro atoms. The minimum atomic E-state index is -4.84. The van der Waals surface area contributed by atoms with Crippen molar-refractivity contribution >= 4 is 63.7 Å². The smallest absolute Gasteiger partial charge is 0.419 e. The number of piperidine rings is 1. The van der Waals surface area contributed by atoms with E-state index >= 15 is 0 Å². The van der Waals surface area contributed by atoms with Gasteiger partial charge in [0.15, 0.2) is 10.8 Å². The fourth-order valence-electron chi connectivity index (χ4n) is 7.79. The van der Waals surface area contributed by atoms with Crippen LogP contribution in [0.1, 0.15) is 55.8 Å². The van der Waals surface area contributed by atoms with Crippen LogP contribution in [0.15, 0.2) is 54.7 Å². The standard InChI is InChI=1S/C40H42F3N9O5S/c1-2-25-19-28(52-38(58)51(37(56)39(52)11-4-12-39)29-21-30(40(41,42)43)32(22-44)45-23-29)7-9-33(25)57-18-17-49-13-15-50(16-14-49)24-35(54)47-27-6-3-5-26(20-27)46-31-8-10-34(53)48-36(31)55/h3,5-7,9,19-21,23,31,46H,2,4,8,10-18,24H2,1H3,(H,47,54)(H,48,53,55). The molecule has 1 saturated carbocycles. The summed E-state index contributed by atoms with van der Waals surface area (Å²) in [6.45, 7) is 6.19. The normalized spacial score (nSPS) is 19.8. The number of hydrogen-bond acceptors (Lipinski definition) is 11. The number of halogens is 3. The van der Waals surface area contributed by atoms with Crippen molar-refractivity contribution in [2.75, 3.05) is 66.3 Å². The molecule has 18 heteroatoms. The predicted octanol–water partition coefficient (Wildman–Crippen LogP) is 4.45. The number of pyridine rings is 1. The van der Waals surface area contributed by atoms with Gasteiger partial charge in [-0.05, 0) is 92.4 Å². The average Bonchev–Trinajstić information content (AvgIpc) is 3.42. The van der Waals surface area contributed by atoms with Crippen LogP contribution in [0.3, 0.4) is 0 Å². The van der Waals surface area contributed by atoms with Gasteiger partial charge in [-0.25, -0.2) is 4.98 Å². The number of rotatable bonds is 12. The summed E-state index contributed by atoms with van der Waals surface area (Å²) in [7, 11) is 0. The number of amides is 4. The maximum absolute atomic E-state index is 13.9. The van der Waals surface area contributed by atoms with Gasteiger partial charge in [0.2, 0.25) is 17.7 Å². The zero-order valence-electron chi connectivity index (χ0n) is 31.7. The molecule has 1 aromatic heterocycles. The van der Waals surface area contributed by atoms with Crippen molar-refractivity contribution in [2.45, 2.75) is 63.2 Å². The second-order valence-electron chi connectivity index (χ2n) is 14.7. The summed E-state index contributed by atoms with van der Waals surface area (Å²) in [4.78, 5) is 61.3. The number of carbonyl (C=O) groups excluding carboxylic acids is 4. The summed E-state index contributed by atoms with van der Waals surface area (Å²) >= 11 is 5.77. The van der Waals surface area contributed by atoms with Crippen LogP contribution < -0.4 is 30.5 Å². The third-order valence-electron chi connectivity index (χ3n) is 11.0. The number of nitrogens with one attached hydrogen (secondary N) is 3. The Hall–Kier alpha value is -5.64. The Labute approximate surface area is 338 Å². The van der Waals surface area contributed by atoms with Crippen LogP contribution in [0.5, 0.6) is 5.75 Å². The first kappa shape index (κ1) is 40.6. The van der Waals surface area contributed by atoms with Crippen molar-refractivity contribution in [1.29, 1.82) is 5.26 Å². The summed E-state index contributed by atoms with van der Waals surface area (Å²) in [5.41, 5.74) is -0.391. The van der Waals surface area contributed by atoms with Crippen LogP contribution in [-0.4, -0.2) is 101 Å². The third-order valence-corrected chi connectivity index (χ3v) is 11.4. The van der Waals surface area contributed by atoms with Gasteiger partial charge in [0.1, 0.15) is 30.0 Å². The molecular formula is C40H42F3N9O5S. The molecule has 304 valence electrons. The molecule has 4 fully saturated rings. The number of benzene rings is 2. The van der Waals surface area contributed by atoms with Crippen molar-refractivity contribution in [3.05, 3.63) is 71.5 Å². The number of alkyl halides is 3. The molecule has 58 heavy (non-hydrogen) atoms. The summed E-state index contributed by atoms with van der Waals surface area (Å²) in [5, 5.41) is 17.6. The number of piperazine rings is 1. The van der Waals surface area contributed by atoms with Crippen molar-refractivity contribution in [1.82, 2.24) is 20.1 Å². The van der Waals surface area contributed by atoms with Gasteiger partial charge in [0.05, 0.1) is 24.0 Å². The second-order valence-corrected chi connectivity index (χ2v) is 15.1. The molecule has 2 aromatic carbocycles. The van der Waals surface area contributed by atoms with E-state index in [-0.39, 0.29) is 41.5 Å². The summed E-state index contributed by atoms with van der Waals surface area (Å²) in [6.07, 6.45) is -0.771. The topological polar surface area (TPSA) is 163 Å². The van der Waals surface area contributed by atoms with Gasteiger partial charge < -0.3 is 20.3 Å². The molecule has 3 aliphatic heterocycles. The van der Waals surface area contributed by atoms with E-state index in [9.17, 15) is 37.6 Å². The summed E-state index contributed by atoms with van der Waals surface area (Å²) in [5.74, 6) is -0.542. The van der Waals surface area contributed by atoms with Crippen LogP contribution in [0.2, 0.25) is 0 Å². The largest absolute Gasteiger partial charge is 0.492 e. The highest BCUT2D eigenvalue weighted by molar-refractivity contribution is 7.81. The third kappa shape index (κ3) is 8.33. The van der Waals surface area contributed by atoms with E-state index in [0.717, 1.165) is 42.2 Å². The van der Waals surface area contributed by atoms with Crippen molar-refractivity contribution in [3.8, 4) is 11.8 Å². The zero-order valence-corrected chi connectivity index (χ0v) is 32.5. The quantitative estimate of drug-likeness (QED) is 0.174. The van der Waals surface area contributed by atoms with Gasteiger partial charge in [0.25, 0.3) is 5.91 Å². The minimum absolute atomic E-state index is 0.0465. The zero-order chi connectivity index (χ0) is 41.2. The lowest BCUT2D eigenvalue weighted by atomic mass is 9.75. The number of ether oxygens (including phenoxy) is 1. The number of anilines is 4. The van der Waals surface area contributed by atoms with Crippen LogP contribution in [0, 0.1) is 11.3 Å². The van der Waals surface area contributed by atoms with Gasteiger partial charge in [-0.1, -0.05) is 13.0 Å². The molecule has 14 nitrogen and oxygen atoms in total. The predicted molar refractivity (Wildman–Crippen MR) is 212 cm³/mol. The van der Waals surface area contributed by atoms with Crippen molar-refractivity contribution in [2.24, 2.45) is 0 Å². The Morgan fingerprint density at radius 3 is 2.47 bits per heavy atom.